The molecule has 0 bridgehead atoms. The van der Waals surface area contributed by atoms with Gasteiger partial charge in [0.2, 0.25) is 0 Å². The van der Waals surface area contributed by atoms with Gasteiger partial charge in [-0.1, -0.05) is 67.6 Å². The standard InChI is InChI=1S/C31H29N3O3/c1-4-20-33(30(35)24-16-11-13-22-12-5-6-14-23(22)24)21(2)29-32-26-17-8-7-15-25(26)31(36)34(29)27-18-9-10-19-28(27)37-3/h5-19,21H,4,20H2,1-3H3. The molecule has 4 aromatic carbocycles. The fourth-order valence-corrected chi connectivity index (χ4v) is 4.90. The SMILES string of the molecule is CCCN(C(=O)c1cccc2ccccc12)C(C)c1nc2ccccc2c(=O)n1-c1ccccc1OC. The zero-order valence-corrected chi connectivity index (χ0v) is 21.2. The van der Waals surface area contributed by atoms with Gasteiger partial charge < -0.3 is 9.64 Å². The van der Waals surface area contributed by atoms with Crippen LogP contribution < -0.4 is 10.3 Å². The van der Waals surface area contributed by atoms with Crippen LogP contribution in [0.3, 0.4) is 0 Å². The van der Waals surface area contributed by atoms with E-state index >= 15 is 0 Å². The van der Waals surface area contributed by atoms with Crippen LogP contribution in [0.5, 0.6) is 5.75 Å². The molecule has 0 aliphatic rings. The predicted molar refractivity (Wildman–Crippen MR) is 148 cm³/mol. The molecule has 0 radical (unpaired) electrons. The third-order valence-corrected chi connectivity index (χ3v) is 6.71. The predicted octanol–water partition coefficient (Wildman–Crippen LogP) is 6.16. The van der Waals surface area contributed by atoms with Crippen LogP contribution in [-0.2, 0) is 0 Å². The molecule has 0 N–H and O–H groups in total. The number of nitrogens with zero attached hydrogens (tertiary/aromatic N) is 3. The Balaban J connectivity index is 1.72. The molecule has 1 aromatic heterocycles. The van der Waals surface area contributed by atoms with Crippen LogP contribution >= 0.6 is 0 Å². The van der Waals surface area contributed by atoms with Crippen molar-refractivity contribution < 1.29 is 9.53 Å². The van der Waals surface area contributed by atoms with E-state index in [2.05, 4.69) is 0 Å². The van der Waals surface area contributed by atoms with E-state index in [4.69, 9.17) is 9.72 Å². The lowest BCUT2D eigenvalue weighted by Crippen LogP contribution is -2.38. The second-order valence-electron chi connectivity index (χ2n) is 9.00. The molecule has 5 rings (SSSR count). The first-order valence-corrected chi connectivity index (χ1v) is 12.5. The van der Waals surface area contributed by atoms with Gasteiger partial charge in [0.15, 0.2) is 0 Å². The van der Waals surface area contributed by atoms with Crippen molar-refractivity contribution in [2.45, 2.75) is 26.3 Å². The highest BCUT2D eigenvalue weighted by molar-refractivity contribution is 6.07. The third kappa shape index (κ3) is 4.35. The van der Waals surface area contributed by atoms with Crippen molar-refractivity contribution in [1.82, 2.24) is 14.5 Å². The minimum Gasteiger partial charge on any atom is -0.495 e. The number of ether oxygens (including phenoxy) is 1. The van der Waals surface area contributed by atoms with Crippen LogP contribution in [0.2, 0.25) is 0 Å². The molecule has 1 unspecified atom stereocenters. The number of rotatable bonds is 7. The Labute approximate surface area is 215 Å². The number of benzene rings is 4. The molecule has 0 spiro atoms. The maximum absolute atomic E-state index is 14.1. The van der Waals surface area contributed by atoms with E-state index in [9.17, 15) is 9.59 Å². The molecule has 1 amide bonds. The monoisotopic (exact) mass is 491 g/mol. The molecule has 186 valence electrons. The molecule has 0 aliphatic heterocycles. The first-order chi connectivity index (χ1) is 18.0. The fraction of sp³-hybridized carbons (Fsp3) is 0.194. The molecule has 6 nitrogen and oxygen atoms in total. The zero-order chi connectivity index (χ0) is 25.9. The van der Waals surface area contributed by atoms with E-state index in [-0.39, 0.29) is 11.5 Å². The first-order valence-electron chi connectivity index (χ1n) is 12.5. The third-order valence-electron chi connectivity index (χ3n) is 6.71. The lowest BCUT2D eigenvalue weighted by Gasteiger charge is -2.31. The topological polar surface area (TPSA) is 64.4 Å². The number of fused-ring (bicyclic) bond motifs is 2. The van der Waals surface area contributed by atoms with Gasteiger partial charge in [0.25, 0.3) is 11.5 Å². The Bertz CT molecular complexity index is 1650. The van der Waals surface area contributed by atoms with Crippen LogP contribution in [0.15, 0.2) is 95.8 Å². The van der Waals surface area contributed by atoms with Crippen molar-refractivity contribution in [1.29, 1.82) is 0 Å². The number of carbonyl (C=O) groups excluding carboxylic acids is 1. The van der Waals surface area contributed by atoms with Gasteiger partial charge in [-0.25, -0.2) is 4.98 Å². The summed E-state index contributed by atoms with van der Waals surface area (Å²) in [4.78, 5) is 34.7. The summed E-state index contributed by atoms with van der Waals surface area (Å²) in [5.41, 5.74) is 1.61. The average molecular weight is 492 g/mol. The number of aromatic nitrogens is 2. The largest absolute Gasteiger partial charge is 0.495 e. The second-order valence-corrected chi connectivity index (χ2v) is 9.00. The number of para-hydroxylation sites is 3. The van der Waals surface area contributed by atoms with Gasteiger partial charge in [-0.3, -0.25) is 14.2 Å². The van der Waals surface area contributed by atoms with Crippen molar-refractivity contribution in [2.75, 3.05) is 13.7 Å². The Hall–Kier alpha value is -4.45. The molecule has 1 atom stereocenters. The molecular weight excluding hydrogens is 462 g/mol. The van der Waals surface area contributed by atoms with Crippen molar-refractivity contribution in [3.63, 3.8) is 0 Å². The van der Waals surface area contributed by atoms with Crippen LogP contribution in [0, 0.1) is 0 Å². The second kappa shape index (κ2) is 10.3. The van der Waals surface area contributed by atoms with Crippen molar-refractivity contribution in [2.24, 2.45) is 0 Å². The summed E-state index contributed by atoms with van der Waals surface area (Å²) in [5.74, 6) is 0.938. The Morgan fingerprint density at radius 2 is 1.59 bits per heavy atom. The lowest BCUT2D eigenvalue weighted by atomic mass is 10.0. The van der Waals surface area contributed by atoms with Crippen LogP contribution in [-0.4, -0.2) is 34.0 Å². The Morgan fingerprint density at radius 1 is 0.919 bits per heavy atom. The van der Waals surface area contributed by atoms with Gasteiger partial charge in [-0.15, -0.1) is 0 Å². The highest BCUT2D eigenvalue weighted by atomic mass is 16.5. The maximum atomic E-state index is 14.1. The number of carbonyl (C=O) groups is 1. The normalized spacial score (nSPS) is 12.0. The number of methoxy groups -OCH3 is 1. The first kappa shape index (κ1) is 24.3. The quantitative estimate of drug-likeness (QED) is 0.273. The minimum absolute atomic E-state index is 0.0971. The van der Waals surface area contributed by atoms with Crippen LogP contribution in [0.1, 0.15) is 42.5 Å². The molecule has 37 heavy (non-hydrogen) atoms. The van der Waals surface area contributed by atoms with Crippen molar-refractivity contribution in [3.05, 3.63) is 113 Å². The molecular formula is C31H29N3O3. The summed E-state index contributed by atoms with van der Waals surface area (Å²) in [6.45, 7) is 4.48. The summed E-state index contributed by atoms with van der Waals surface area (Å²) in [6.07, 6.45) is 0.757. The van der Waals surface area contributed by atoms with E-state index in [0.717, 1.165) is 17.2 Å². The van der Waals surface area contributed by atoms with Gasteiger partial charge >= 0.3 is 0 Å². The van der Waals surface area contributed by atoms with Gasteiger partial charge in [0.05, 0.1) is 29.7 Å². The Kier molecular flexibility index (Phi) is 6.73. The molecule has 0 fully saturated rings. The summed E-state index contributed by atoms with van der Waals surface area (Å²) in [5, 5.41) is 2.41. The molecule has 0 saturated carbocycles. The number of hydrogen-bond acceptors (Lipinski definition) is 4. The van der Waals surface area contributed by atoms with Gasteiger partial charge in [0, 0.05) is 12.1 Å². The van der Waals surface area contributed by atoms with Gasteiger partial charge in [0.1, 0.15) is 11.6 Å². The van der Waals surface area contributed by atoms with Crippen LogP contribution in [0.4, 0.5) is 0 Å². The van der Waals surface area contributed by atoms with Crippen molar-refractivity contribution >= 4 is 27.6 Å². The summed E-state index contributed by atoms with van der Waals surface area (Å²) < 4.78 is 7.19. The van der Waals surface area contributed by atoms with Gasteiger partial charge in [-0.2, -0.15) is 0 Å². The number of hydrogen-bond donors (Lipinski definition) is 0. The average Bonchev–Trinajstić information content (AvgIpc) is 2.95. The van der Waals surface area contributed by atoms with E-state index < -0.39 is 6.04 Å². The molecule has 1 heterocycles. The van der Waals surface area contributed by atoms with Crippen LogP contribution in [0.25, 0.3) is 27.4 Å². The summed E-state index contributed by atoms with van der Waals surface area (Å²) >= 11 is 0. The van der Waals surface area contributed by atoms with Crippen molar-refractivity contribution in [3.8, 4) is 11.4 Å². The van der Waals surface area contributed by atoms with E-state index in [0.29, 0.717) is 40.3 Å². The van der Waals surface area contributed by atoms with E-state index in [1.165, 1.54) is 0 Å². The number of amides is 1. The highest BCUT2D eigenvalue weighted by Gasteiger charge is 2.28. The molecule has 5 aromatic rings. The van der Waals surface area contributed by atoms with Gasteiger partial charge in [-0.05, 0) is 54.4 Å². The summed E-state index contributed by atoms with van der Waals surface area (Å²) in [7, 11) is 1.58. The van der Waals surface area contributed by atoms with E-state index in [1.807, 2.05) is 104 Å². The summed E-state index contributed by atoms with van der Waals surface area (Å²) in [6, 6.07) is 27.8. The maximum Gasteiger partial charge on any atom is 0.266 e. The molecule has 6 heteroatoms. The lowest BCUT2D eigenvalue weighted by molar-refractivity contribution is 0.0683. The molecule has 0 saturated heterocycles. The smallest absolute Gasteiger partial charge is 0.266 e. The highest BCUT2D eigenvalue weighted by Crippen LogP contribution is 2.29. The van der Waals surface area contributed by atoms with E-state index in [1.54, 1.807) is 17.7 Å². The molecule has 0 aliphatic carbocycles. The zero-order valence-electron chi connectivity index (χ0n) is 21.2. The fourth-order valence-electron chi connectivity index (χ4n) is 4.90. The minimum atomic E-state index is -0.492. The Morgan fingerprint density at radius 3 is 2.38 bits per heavy atom.